The average molecular weight is 272 g/mol. The van der Waals surface area contributed by atoms with Gasteiger partial charge < -0.3 is 11.1 Å². The van der Waals surface area contributed by atoms with Crippen molar-refractivity contribution in [3.05, 3.63) is 29.6 Å². The fourth-order valence-corrected chi connectivity index (χ4v) is 2.33. The Morgan fingerprint density at radius 3 is 2.42 bits per heavy atom. The summed E-state index contributed by atoms with van der Waals surface area (Å²) in [4.78, 5) is 12.0. The zero-order valence-corrected chi connectivity index (χ0v) is 10.3. The molecule has 0 aromatic heterocycles. The first-order valence-corrected chi connectivity index (χ1v) is 6.20. The van der Waals surface area contributed by atoms with Crippen LogP contribution >= 0.6 is 0 Å². The lowest BCUT2D eigenvalue weighted by Crippen LogP contribution is -2.40. The monoisotopic (exact) mass is 272 g/mol. The van der Waals surface area contributed by atoms with E-state index in [4.69, 9.17) is 5.73 Å². The summed E-state index contributed by atoms with van der Waals surface area (Å²) in [6, 6.07) is 0.768. The van der Waals surface area contributed by atoms with Gasteiger partial charge in [-0.2, -0.15) is 0 Å². The number of carbonyl (C=O) groups is 1. The second kappa shape index (κ2) is 5.61. The maximum atomic E-state index is 13.4. The Bertz CT molecular complexity index is 493. The molecule has 2 unspecified atom stereocenters. The third-order valence-electron chi connectivity index (χ3n) is 3.42. The molecule has 0 radical (unpaired) electrons. The second-order valence-electron chi connectivity index (χ2n) is 4.79. The molecule has 6 heteroatoms. The molecule has 19 heavy (non-hydrogen) atoms. The first-order chi connectivity index (χ1) is 8.99. The molecule has 0 bridgehead atoms. The first kappa shape index (κ1) is 13.9. The molecule has 104 valence electrons. The molecular weight excluding hydrogens is 257 g/mol. The van der Waals surface area contributed by atoms with E-state index in [0.717, 1.165) is 19.3 Å². The van der Waals surface area contributed by atoms with Crippen molar-refractivity contribution in [1.82, 2.24) is 0 Å². The highest BCUT2D eigenvalue weighted by molar-refractivity contribution is 5.93. The predicted molar refractivity (Wildman–Crippen MR) is 64.9 cm³/mol. The molecule has 1 aliphatic carbocycles. The maximum absolute atomic E-state index is 13.4. The molecular formula is C13H15F3N2O. The molecule has 1 aromatic carbocycles. The van der Waals surface area contributed by atoms with Crippen molar-refractivity contribution in [2.24, 2.45) is 11.7 Å². The summed E-state index contributed by atoms with van der Waals surface area (Å²) in [7, 11) is 0. The van der Waals surface area contributed by atoms with Gasteiger partial charge in [0.15, 0.2) is 11.6 Å². The predicted octanol–water partition coefficient (Wildman–Crippen LogP) is 2.56. The van der Waals surface area contributed by atoms with Gasteiger partial charge in [0.25, 0.3) is 0 Å². The summed E-state index contributed by atoms with van der Waals surface area (Å²) in [5, 5.41) is 2.28. The Morgan fingerprint density at radius 2 is 1.74 bits per heavy atom. The van der Waals surface area contributed by atoms with Crippen LogP contribution in [-0.4, -0.2) is 11.9 Å². The Labute approximate surface area is 109 Å². The largest absolute Gasteiger partial charge is 0.327 e. The zero-order chi connectivity index (χ0) is 14.0. The van der Waals surface area contributed by atoms with E-state index < -0.39 is 29.3 Å². The van der Waals surface area contributed by atoms with Gasteiger partial charge in [0.1, 0.15) is 5.82 Å². The topological polar surface area (TPSA) is 55.1 Å². The Balaban J connectivity index is 2.12. The molecule has 1 saturated carbocycles. The van der Waals surface area contributed by atoms with Crippen LogP contribution in [0.1, 0.15) is 25.7 Å². The number of hydrogen-bond donors (Lipinski definition) is 2. The number of anilines is 1. The van der Waals surface area contributed by atoms with Crippen LogP contribution in [0.5, 0.6) is 0 Å². The van der Waals surface area contributed by atoms with Crippen molar-refractivity contribution in [2.45, 2.75) is 31.7 Å². The smallest absolute Gasteiger partial charge is 0.229 e. The van der Waals surface area contributed by atoms with Gasteiger partial charge in [-0.1, -0.05) is 12.8 Å². The van der Waals surface area contributed by atoms with Gasteiger partial charge in [0, 0.05) is 18.2 Å². The summed E-state index contributed by atoms with van der Waals surface area (Å²) >= 11 is 0. The Morgan fingerprint density at radius 1 is 1.11 bits per heavy atom. The van der Waals surface area contributed by atoms with Crippen molar-refractivity contribution in [1.29, 1.82) is 0 Å². The van der Waals surface area contributed by atoms with Crippen molar-refractivity contribution < 1.29 is 18.0 Å². The summed E-state index contributed by atoms with van der Waals surface area (Å²) in [5.74, 6) is -4.36. The molecule has 1 amide bonds. The van der Waals surface area contributed by atoms with E-state index in [1.165, 1.54) is 0 Å². The molecule has 0 heterocycles. The fraction of sp³-hybridized carbons (Fsp3) is 0.462. The van der Waals surface area contributed by atoms with Crippen LogP contribution < -0.4 is 11.1 Å². The van der Waals surface area contributed by atoms with E-state index in [2.05, 4.69) is 5.32 Å². The van der Waals surface area contributed by atoms with E-state index in [0.29, 0.717) is 18.6 Å². The van der Waals surface area contributed by atoms with E-state index in [9.17, 15) is 18.0 Å². The summed E-state index contributed by atoms with van der Waals surface area (Å²) < 4.78 is 39.2. The number of carbonyl (C=O) groups excluding carboxylic acids is 1. The van der Waals surface area contributed by atoms with E-state index in [1.807, 2.05) is 0 Å². The zero-order valence-electron chi connectivity index (χ0n) is 10.3. The van der Waals surface area contributed by atoms with Crippen LogP contribution in [-0.2, 0) is 4.79 Å². The highest BCUT2D eigenvalue weighted by Crippen LogP contribution is 2.25. The lowest BCUT2D eigenvalue weighted by Gasteiger charge is -2.27. The van der Waals surface area contributed by atoms with Crippen LogP contribution in [0, 0.1) is 23.4 Å². The fourth-order valence-electron chi connectivity index (χ4n) is 2.33. The number of amides is 1. The number of halogens is 3. The van der Waals surface area contributed by atoms with Crippen molar-refractivity contribution >= 4 is 11.6 Å². The third kappa shape index (κ3) is 3.07. The standard InChI is InChI=1S/C13H15F3N2O/c14-8-5-10(16)12(6-9(8)15)18-13(19)7-3-1-2-4-11(7)17/h5-7,11H,1-4,17H2,(H,18,19). The highest BCUT2D eigenvalue weighted by Gasteiger charge is 2.28. The number of hydrogen-bond acceptors (Lipinski definition) is 2. The van der Waals surface area contributed by atoms with E-state index in [1.54, 1.807) is 0 Å². The highest BCUT2D eigenvalue weighted by atomic mass is 19.2. The summed E-state index contributed by atoms with van der Waals surface area (Å²) in [6.07, 6.45) is 3.20. The van der Waals surface area contributed by atoms with Gasteiger partial charge in [0.05, 0.1) is 11.6 Å². The number of nitrogens with two attached hydrogens (primary N) is 1. The van der Waals surface area contributed by atoms with Crippen LogP contribution in [0.25, 0.3) is 0 Å². The number of benzene rings is 1. The maximum Gasteiger partial charge on any atom is 0.229 e. The minimum absolute atomic E-state index is 0.276. The molecule has 1 aliphatic rings. The molecule has 0 spiro atoms. The summed E-state index contributed by atoms with van der Waals surface area (Å²) in [6.45, 7) is 0. The first-order valence-electron chi connectivity index (χ1n) is 6.20. The Hall–Kier alpha value is -1.56. The van der Waals surface area contributed by atoms with Crippen LogP contribution in [0.15, 0.2) is 12.1 Å². The minimum Gasteiger partial charge on any atom is -0.327 e. The molecule has 3 nitrogen and oxygen atoms in total. The van der Waals surface area contributed by atoms with E-state index in [-0.39, 0.29) is 11.7 Å². The SMILES string of the molecule is NC1CCCCC1C(=O)Nc1cc(F)c(F)cc1F. The van der Waals surface area contributed by atoms with Crippen LogP contribution in [0.3, 0.4) is 0 Å². The van der Waals surface area contributed by atoms with Crippen molar-refractivity contribution in [3.63, 3.8) is 0 Å². The minimum atomic E-state index is -1.29. The van der Waals surface area contributed by atoms with Gasteiger partial charge in [-0.15, -0.1) is 0 Å². The number of rotatable bonds is 2. The molecule has 1 fully saturated rings. The van der Waals surface area contributed by atoms with Crippen molar-refractivity contribution in [2.75, 3.05) is 5.32 Å². The van der Waals surface area contributed by atoms with Crippen LogP contribution in [0.2, 0.25) is 0 Å². The molecule has 1 aromatic rings. The van der Waals surface area contributed by atoms with Gasteiger partial charge in [-0.3, -0.25) is 4.79 Å². The molecule has 0 aliphatic heterocycles. The van der Waals surface area contributed by atoms with Gasteiger partial charge >= 0.3 is 0 Å². The van der Waals surface area contributed by atoms with Crippen LogP contribution in [0.4, 0.5) is 18.9 Å². The van der Waals surface area contributed by atoms with Gasteiger partial charge in [0.2, 0.25) is 5.91 Å². The van der Waals surface area contributed by atoms with E-state index >= 15 is 0 Å². The molecule has 0 saturated heterocycles. The normalized spacial score (nSPS) is 23.2. The summed E-state index contributed by atoms with van der Waals surface area (Å²) in [5.41, 5.74) is 5.48. The number of nitrogens with one attached hydrogen (secondary N) is 1. The molecule has 2 atom stereocenters. The van der Waals surface area contributed by atoms with Gasteiger partial charge in [-0.25, -0.2) is 13.2 Å². The molecule has 2 rings (SSSR count). The third-order valence-corrected chi connectivity index (χ3v) is 3.42. The van der Waals surface area contributed by atoms with Crippen molar-refractivity contribution in [3.8, 4) is 0 Å². The average Bonchev–Trinajstić information content (AvgIpc) is 2.36. The van der Waals surface area contributed by atoms with Gasteiger partial charge in [-0.05, 0) is 12.8 Å². The lowest BCUT2D eigenvalue weighted by atomic mass is 9.84. The second-order valence-corrected chi connectivity index (χ2v) is 4.79. The Kier molecular flexibility index (Phi) is 4.09. The quantitative estimate of drug-likeness (QED) is 0.813. The lowest BCUT2D eigenvalue weighted by molar-refractivity contribution is -0.121. The molecule has 3 N–H and O–H groups in total.